The second-order valence-electron chi connectivity index (χ2n) is 8.97. The van der Waals surface area contributed by atoms with Crippen LogP contribution in [-0.4, -0.2) is 10.3 Å². The van der Waals surface area contributed by atoms with Crippen LogP contribution >= 0.6 is 22.7 Å². The fourth-order valence-electron chi connectivity index (χ4n) is 4.60. The summed E-state index contributed by atoms with van der Waals surface area (Å²) in [5, 5.41) is 8.48. The molecule has 7 rings (SSSR count). The Morgan fingerprint density at radius 2 is 1.05 bits per heavy atom. The molecule has 0 bridgehead atoms. The number of aromatic nitrogens is 2. The van der Waals surface area contributed by atoms with Crippen LogP contribution in [0.1, 0.15) is 11.1 Å². The Kier molecular flexibility index (Phi) is 5.43. The predicted molar refractivity (Wildman–Crippen MR) is 150 cm³/mol. The van der Waals surface area contributed by atoms with Crippen molar-refractivity contribution in [2.45, 2.75) is 13.8 Å². The van der Waals surface area contributed by atoms with E-state index in [-0.39, 0.29) is 11.6 Å². The molecular weight excluding hydrogens is 543 g/mol. The molecule has 10 heteroatoms. The monoisotopic (exact) mass is 558 g/mol. The van der Waals surface area contributed by atoms with E-state index < -0.39 is 0 Å². The van der Waals surface area contributed by atoms with Crippen LogP contribution in [0.15, 0.2) is 74.0 Å². The summed E-state index contributed by atoms with van der Waals surface area (Å²) in [5.41, 5.74) is 6.75. The van der Waals surface area contributed by atoms with Crippen molar-refractivity contribution in [1.29, 1.82) is 0 Å². The largest absolute Gasteiger partial charge is 0.243 e. The maximum Gasteiger partial charge on any atom is 0.146 e. The first-order valence-corrected chi connectivity index (χ1v) is 14.0. The van der Waals surface area contributed by atoms with Crippen LogP contribution in [0.4, 0.5) is 20.2 Å². The zero-order valence-corrected chi connectivity index (χ0v) is 22.4. The Bertz CT molecular complexity index is 1850. The van der Waals surface area contributed by atoms with Gasteiger partial charge in [-0.25, -0.2) is 13.4 Å². The Hall–Kier alpha value is -3.86. The van der Waals surface area contributed by atoms with Crippen LogP contribution in [0.5, 0.6) is 0 Å². The molecule has 0 radical (unpaired) electrons. The van der Waals surface area contributed by atoms with Crippen LogP contribution in [0.3, 0.4) is 0 Å². The minimum atomic E-state index is -0.263. The quantitative estimate of drug-likeness (QED) is 0.216. The van der Waals surface area contributed by atoms with Gasteiger partial charge in [-0.1, -0.05) is 24.3 Å². The molecule has 0 saturated heterocycles. The van der Waals surface area contributed by atoms with E-state index in [1.807, 2.05) is 50.2 Å². The van der Waals surface area contributed by atoms with Gasteiger partial charge in [0.05, 0.1) is 22.5 Å². The SMILES string of the molecule is Cc1ccc(-c2ccc(-c3c4c(c(-c5ccc(-c6ccc(C)cc6F)s5)c5nonc35)N=S=N4)s2)c(F)c1. The van der Waals surface area contributed by atoms with Gasteiger partial charge in [-0.3, -0.25) is 0 Å². The molecule has 1 aliphatic heterocycles. The standard InChI is InChI=1S/C28H16F2N4OS3/c1-13-3-5-15(17(29)11-13)19-7-9-21(36-19)23-25-26(32-35-31-25)24(28-27(23)33-38-34-28)22-10-8-20(37-22)16-6-4-14(2)12-18(16)30/h3-12H,1-2H3. The molecule has 0 atom stereocenters. The molecule has 3 aromatic heterocycles. The number of nitrogens with zero attached hydrogens (tertiary/aromatic N) is 4. The summed E-state index contributed by atoms with van der Waals surface area (Å²) in [6, 6.07) is 18.1. The zero-order chi connectivity index (χ0) is 26.0. The van der Waals surface area contributed by atoms with Crippen LogP contribution in [0.25, 0.3) is 52.8 Å². The van der Waals surface area contributed by atoms with Gasteiger partial charge in [-0.15, -0.1) is 22.7 Å². The lowest BCUT2D eigenvalue weighted by Gasteiger charge is -2.09. The smallest absolute Gasteiger partial charge is 0.146 e. The average molecular weight is 559 g/mol. The first-order chi connectivity index (χ1) is 18.5. The third-order valence-corrected chi connectivity index (χ3v) is 9.21. The summed E-state index contributed by atoms with van der Waals surface area (Å²) in [7, 11) is 0. The van der Waals surface area contributed by atoms with Crippen molar-refractivity contribution in [2.24, 2.45) is 8.73 Å². The lowest BCUT2D eigenvalue weighted by molar-refractivity contribution is 0.315. The van der Waals surface area contributed by atoms with Crippen molar-refractivity contribution >= 4 is 56.4 Å². The van der Waals surface area contributed by atoms with Gasteiger partial charge in [-0.05, 0) is 71.7 Å². The number of halogens is 2. The molecule has 38 heavy (non-hydrogen) atoms. The number of hydrogen-bond donors (Lipinski definition) is 0. The predicted octanol–water partition coefficient (Wildman–Crippen LogP) is 9.64. The zero-order valence-electron chi connectivity index (χ0n) is 20.0. The molecule has 5 nitrogen and oxygen atoms in total. The van der Waals surface area contributed by atoms with E-state index >= 15 is 0 Å². The highest BCUT2D eigenvalue weighted by atomic mass is 32.1. The summed E-state index contributed by atoms with van der Waals surface area (Å²) in [4.78, 5) is 3.31. The van der Waals surface area contributed by atoms with E-state index in [2.05, 4.69) is 19.0 Å². The molecule has 0 saturated carbocycles. The van der Waals surface area contributed by atoms with E-state index in [1.54, 1.807) is 12.1 Å². The van der Waals surface area contributed by atoms with E-state index in [0.29, 0.717) is 33.5 Å². The summed E-state index contributed by atoms with van der Waals surface area (Å²) < 4.78 is 43.8. The summed E-state index contributed by atoms with van der Waals surface area (Å²) in [5.74, 6) is -0.526. The Morgan fingerprint density at radius 1 is 0.605 bits per heavy atom. The number of rotatable bonds is 4. The first kappa shape index (κ1) is 23.3. The van der Waals surface area contributed by atoms with Gasteiger partial charge in [0.2, 0.25) is 0 Å². The van der Waals surface area contributed by atoms with Crippen LogP contribution in [-0.2, 0) is 11.4 Å². The number of benzene rings is 3. The van der Waals surface area contributed by atoms with Gasteiger partial charge >= 0.3 is 0 Å². The molecular formula is C28H16F2N4OS3. The van der Waals surface area contributed by atoms with Gasteiger partial charge in [0.1, 0.15) is 34.0 Å². The third-order valence-electron chi connectivity index (χ3n) is 6.41. The fraction of sp³-hybridized carbons (Fsp3) is 0.0714. The second kappa shape index (κ2) is 8.87. The summed E-state index contributed by atoms with van der Waals surface area (Å²) in [6.07, 6.45) is 0. The van der Waals surface area contributed by atoms with Crippen LogP contribution in [0, 0.1) is 25.5 Å². The highest BCUT2D eigenvalue weighted by Gasteiger charge is 2.28. The maximum absolute atomic E-state index is 14.7. The minimum Gasteiger partial charge on any atom is -0.243 e. The van der Waals surface area contributed by atoms with Gasteiger partial charge in [0.15, 0.2) is 0 Å². The van der Waals surface area contributed by atoms with E-state index in [0.717, 1.165) is 53.1 Å². The summed E-state index contributed by atoms with van der Waals surface area (Å²) in [6.45, 7) is 3.73. The Labute approximate surface area is 227 Å². The second-order valence-corrected chi connectivity index (χ2v) is 11.7. The number of hydrogen-bond acceptors (Lipinski definition) is 7. The molecule has 4 heterocycles. The fourth-order valence-corrected chi connectivity index (χ4v) is 7.32. The average Bonchev–Trinajstić information content (AvgIpc) is 3.69. The molecule has 0 amide bonds. The Morgan fingerprint density at radius 3 is 1.50 bits per heavy atom. The number of aryl methyl sites for hydroxylation is 2. The minimum absolute atomic E-state index is 0.263. The Balaban J connectivity index is 1.38. The normalized spacial score (nSPS) is 12.3. The molecule has 6 aromatic rings. The van der Waals surface area contributed by atoms with Crippen molar-refractivity contribution in [1.82, 2.24) is 10.3 Å². The van der Waals surface area contributed by atoms with E-state index in [1.165, 1.54) is 34.8 Å². The van der Waals surface area contributed by atoms with Crippen molar-refractivity contribution in [3.8, 4) is 41.8 Å². The highest BCUT2D eigenvalue weighted by Crippen LogP contribution is 2.54. The molecule has 186 valence electrons. The molecule has 0 spiro atoms. The molecule has 0 N–H and O–H groups in total. The van der Waals surface area contributed by atoms with Gasteiger partial charge in [-0.2, -0.15) is 8.73 Å². The van der Waals surface area contributed by atoms with Gasteiger partial charge in [0, 0.05) is 30.6 Å². The molecule has 1 aliphatic rings. The van der Waals surface area contributed by atoms with Gasteiger partial charge < -0.3 is 0 Å². The van der Waals surface area contributed by atoms with Crippen LogP contribution < -0.4 is 0 Å². The molecule has 0 aliphatic carbocycles. The van der Waals surface area contributed by atoms with Crippen molar-refractivity contribution in [2.75, 3.05) is 0 Å². The van der Waals surface area contributed by atoms with Crippen molar-refractivity contribution in [3.63, 3.8) is 0 Å². The lowest BCUT2D eigenvalue weighted by Crippen LogP contribution is -1.85. The lowest BCUT2D eigenvalue weighted by atomic mass is 10.0. The maximum atomic E-state index is 14.7. The van der Waals surface area contributed by atoms with Crippen LogP contribution in [0.2, 0.25) is 0 Å². The van der Waals surface area contributed by atoms with Gasteiger partial charge in [0.25, 0.3) is 0 Å². The third kappa shape index (κ3) is 3.67. The first-order valence-electron chi connectivity index (χ1n) is 11.6. The summed E-state index contributed by atoms with van der Waals surface area (Å²) >= 11 is 4.00. The molecule has 3 aromatic carbocycles. The molecule has 0 fully saturated rings. The molecule has 0 unspecified atom stereocenters. The van der Waals surface area contributed by atoms with E-state index in [9.17, 15) is 8.78 Å². The van der Waals surface area contributed by atoms with Crippen molar-refractivity contribution < 1.29 is 13.4 Å². The highest BCUT2D eigenvalue weighted by molar-refractivity contribution is 7.58. The number of fused-ring (bicyclic) bond motifs is 2. The van der Waals surface area contributed by atoms with Crippen molar-refractivity contribution in [3.05, 3.63) is 83.4 Å². The number of thiophene rings is 2. The van der Waals surface area contributed by atoms with E-state index in [4.69, 9.17) is 4.63 Å². The topological polar surface area (TPSA) is 63.6 Å².